The largest absolute Gasteiger partial charge is 0.504 e. The first-order valence-corrected chi connectivity index (χ1v) is 8.86. The van der Waals surface area contributed by atoms with Gasteiger partial charge in [-0.3, -0.25) is 4.79 Å². The van der Waals surface area contributed by atoms with Gasteiger partial charge in [0.2, 0.25) is 0 Å². The monoisotopic (exact) mass is 428 g/mol. The summed E-state index contributed by atoms with van der Waals surface area (Å²) >= 11 is 3.40. The number of rotatable bonds is 6. The minimum absolute atomic E-state index is 0.0945. The van der Waals surface area contributed by atoms with Gasteiger partial charge in [0.1, 0.15) is 6.61 Å². The van der Waals surface area contributed by atoms with Crippen molar-refractivity contribution in [2.24, 2.45) is 0 Å². The Morgan fingerprint density at radius 2 is 1.93 bits per heavy atom. The third-order valence-corrected chi connectivity index (χ3v) is 4.28. The van der Waals surface area contributed by atoms with Crippen molar-refractivity contribution in [3.63, 3.8) is 0 Å². The minimum Gasteiger partial charge on any atom is -0.504 e. The maximum absolute atomic E-state index is 12.4. The zero-order valence-electron chi connectivity index (χ0n) is 14.5. The molecule has 0 atom stereocenters. The average molecular weight is 429 g/mol. The zero-order valence-corrected chi connectivity index (χ0v) is 16.1. The van der Waals surface area contributed by atoms with Gasteiger partial charge in [-0.1, -0.05) is 28.1 Å². The van der Waals surface area contributed by atoms with E-state index in [0.717, 1.165) is 10.0 Å². The maximum Gasteiger partial charge on any atom is 0.257 e. The molecule has 1 amide bonds. The quantitative estimate of drug-likeness (QED) is 0.608. The Morgan fingerprint density at radius 3 is 2.63 bits per heavy atom. The normalized spacial score (nSPS) is 10.3. The number of carbonyl (C=O) groups is 1. The third-order valence-electron chi connectivity index (χ3n) is 3.75. The summed E-state index contributed by atoms with van der Waals surface area (Å²) in [5, 5.41) is 12.3. The molecule has 0 fully saturated rings. The number of hydrogen-bond acceptors (Lipinski definition) is 5. The van der Waals surface area contributed by atoms with Crippen molar-refractivity contribution >= 4 is 27.7 Å². The molecule has 0 aliphatic carbocycles. The number of hydrogen-bond donors (Lipinski definition) is 2. The summed E-state index contributed by atoms with van der Waals surface area (Å²) in [7, 11) is 1.51. The van der Waals surface area contributed by atoms with Crippen LogP contribution in [0.2, 0.25) is 0 Å². The molecule has 0 saturated carbocycles. The van der Waals surface area contributed by atoms with Crippen LogP contribution in [0.5, 0.6) is 17.2 Å². The second kappa shape index (κ2) is 8.55. The van der Waals surface area contributed by atoms with Gasteiger partial charge in [0.25, 0.3) is 5.91 Å². The van der Waals surface area contributed by atoms with E-state index in [0.29, 0.717) is 23.7 Å². The van der Waals surface area contributed by atoms with Crippen LogP contribution in [0.25, 0.3) is 0 Å². The highest BCUT2D eigenvalue weighted by molar-refractivity contribution is 9.10. The van der Waals surface area contributed by atoms with Crippen LogP contribution in [0.4, 0.5) is 5.82 Å². The molecule has 6 nitrogen and oxygen atoms in total. The number of nitrogens with one attached hydrogen (secondary N) is 1. The molecule has 138 valence electrons. The number of amides is 1. The molecule has 1 aromatic heterocycles. The average Bonchev–Trinajstić information content (AvgIpc) is 2.69. The number of aromatic hydroxyl groups is 1. The van der Waals surface area contributed by atoms with E-state index in [2.05, 4.69) is 26.2 Å². The SMILES string of the molecule is COc1cc(C(=O)Nc2ncccc2O)ccc1OCc1ccc(Br)cc1. The first kappa shape index (κ1) is 18.7. The second-order valence-electron chi connectivity index (χ2n) is 5.61. The number of pyridine rings is 1. The standard InChI is InChI=1S/C20H17BrN2O4/c1-26-18-11-14(20(25)23-19-16(24)3-2-10-22-19)6-9-17(18)27-12-13-4-7-15(21)8-5-13/h2-11,24H,12H2,1H3,(H,22,23,25). The molecule has 3 aromatic rings. The van der Waals surface area contributed by atoms with Gasteiger partial charge in [0.05, 0.1) is 7.11 Å². The highest BCUT2D eigenvalue weighted by Crippen LogP contribution is 2.29. The molecular formula is C20H17BrN2O4. The van der Waals surface area contributed by atoms with Gasteiger partial charge in [0.15, 0.2) is 23.1 Å². The van der Waals surface area contributed by atoms with Gasteiger partial charge in [0, 0.05) is 16.2 Å². The van der Waals surface area contributed by atoms with E-state index in [4.69, 9.17) is 9.47 Å². The fourth-order valence-electron chi connectivity index (χ4n) is 2.34. The van der Waals surface area contributed by atoms with Crippen LogP contribution in [0.3, 0.4) is 0 Å². The van der Waals surface area contributed by atoms with Crippen molar-refractivity contribution in [2.75, 3.05) is 12.4 Å². The van der Waals surface area contributed by atoms with Gasteiger partial charge in [-0.05, 0) is 48.0 Å². The molecule has 0 bridgehead atoms. The van der Waals surface area contributed by atoms with Gasteiger partial charge in [-0.25, -0.2) is 4.98 Å². The van der Waals surface area contributed by atoms with Crippen LogP contribution in [0.15, 0.2) is 65.3 Å². The Hall–Kier alpha value is -3.06. The van der Waals surface area contributed by atoms with Crippen molar-refractivity contribution in [3.8, 4) is 17.2 Å². The fourth-order valence-corrected chi connectivity index (χ4v) is 2.61. The van der Waals surface area contributed by atoms with E-state index in [1.165, 1.54) is 19.4 Å². The van der Waals surface area contributed by atoms with Crippen LogP contribution in [-0.2, 0) is 6.61 Å². The van der Waals surface area contributed by atoms with E-state index < -0.39 is 5.91 Å². The lowest BCUT2D eigenvalue weighted by Gasteiger charge is -2.12. The van der Waals surface area contributed by atoms with Gasteiger partial charge < -0.3 is 19.9 Å². The van der Waals surface area contributed by atoms with Gasteiger partial charge in [-0.2, -0.15) is 0 Å². The zero-order chi connectivity index (χ0) is 19.2. The van der Waals surface area contributed by atoms with Crippen LogP contribution >= 0.6 is 15.9 Å². The van der Waals surface area contributed by atoms with Crippen molar-refractivity contribution in [2.45, 2.75) is 6.61 Å². The number of benzene rings is 2. The number of methoxy groups -OCH3 is 1. The number of anilines is 1. The Kier molecular flexibility index (Phi) is 5.93. The van der Waals surface area contributed by atoms with Crippen molar-refractivity contribution < 1.29 is 19.4 Å². The van der Waals surface area contributed by atoms with Crippen molar-refractivity contribution in [1.82, 2.24) is 4.98 Å². The minimum atomic E-state index is -0.415. The molecule has 0 aliphatic rings. The molecule has 2 aromatic carbocycles. The lowest BCUT2D eigenvalue weighted by Crippen LogP contribution is -2.13. The second-order valence-corrected chi connectivity index (χ2v) is 6.52. The lowest BCUT2D eigenvalue weighted by atomic mass is 10.2. The third kappa shape index (κ3) is 4.77. The summed E-state index contributed by atoms with van der Waals surface area (Å²) < 4.78 is 12.1. The van der Waals surface area contributed by atoms with E-state index in [1.807, 2.05) is 24.3 Å². The van der Waals surface area contributed by atoms with Crippen molar-refractivity contribution in [3.05, 3.63) is 76.4 Å². The van der Waals surface area contributed by atoms with Gasteiger partial charge in [-0.15, -0.1) is 0 Å². The summed E-state index contributed by atoms with van der Waals surface area (Å²) in [6.45, 7) is 0.372. The summed E-state index contributed by atoms with van der Waals surface area (Å²) in [6.07, 6.45) is 1.48. The molecule has 3 rings (SSSR count). The summed E-state index contributed by atoms with van der Waals surface area (Å²) in [5.41, 5.74) is 1.36. The maximum atomic E-state index is 12.4. The predicted octanol–water partition coefficient (Wildman–Crippen LogP) is 4.39. The Bertz CT molecular complexity index is 945. The molecule has 0 spiro atoms. The Morgan fingerprint density at radius 1 is 1.15 bits per heavy atom. The Balaban J connectivity index is 1.72. The van der Waals surface area contributed by atoms with E-state index in [1.54, 1.807) is 24.3 Å². The predicted molar refractivity (Wildman–Crippen MR) is 105 cm³/mol. The molecular weight excluding hydrogens is 412 g/mol. The number of aromatic nitrogens is 1. The molecule has 7 heteroatoms. The lowest BCUT2D eigenvalue weighted by molar-refractivity contribution is 0.102. The smallest absolute Gasteiger partial charge is 0.257 e. The fraction of sp³-hybridized carbons (Fsp3) is 0.100. The molecule has 2 N–H and O–H groups in total. The van der Waals surface area contributed by atoms with E-state index in [9.17, 15) is 9.90 Å². The molecule has 0 saturated heterocycles. The summed E-state index contributed by atoms with van der Waals surface area (Å²) in [4.78, 5) is 16.3. The molecule has 0 unspecified atom stereocenters. The summed E-state index contributed by atoms with van der Waals surface area (Å²) in [6, 6.07) is 15.7. The van der Waals surface area contributed by atoms with Gasteiger partial charge >= 0.3 is 0 Å². The number of carbonyl (C=O) groups excluding carboxylic acids is 1. The number of nitrogens with zero attached hydrogens (tertiary/aromatic N) is 1. The molecule has 0 aliphatic heterocycles. The molecule has 1 heterocycles. The van der Waals surface area contributed by atoms with Crippen LogP contribution in [0, 0.1) is 0 Å². The van der Waals surface area contributed by atoms with Crippen LogP contribution in [-0.4, -0.2) is 23.1 Å². The Labute approximate surface area is 164 Å². The van der Waals surface area contributed by atoms with E-state index >= 15 is 0 Å². The topological polar surface area (TPSA) is 80.7 Å². The first-order valence-electron chi connectivity index (χ1n) is 8.07. The van der Waals surface area contributed by atoms with Crippen LogP contribution in [0.1, 0.15) is 15.9 Å². The highest BCUT2D eigenvalue weighted by atomic mass is 79.9. The number of halogens is 1. The summed E-state index contributed by atoms with van der Waals surface area (Å²) in [5.74, 6) is 0.536. The molecule has 0 radical (unpaired) electrons. The molecule has 27 heavy (non-hydrogen) atoms. The highest BCUT2D eigenvalue weighted by Gasteiger charge is 2.13. The van der Waals surface area contributed by atoms with Crippen LogP contribution < -0.4 is 14.8 Å². The first-order chi connectivity index (χ1) is 13.1. The van der Waals surface area contributed by atoms with Crippen molar-refractivity contribution in [1.29, 1.82) is 0 Å². The van der Waals surface area contributed by atoms with E-state index in [-0.39, 0.29) is 11.6 Å². The number of ether oxygens (including phenoxy) is 2.